The third kappa shape index (κ3) is 4.65. The summed E-state index contributed by atoms with van der Waals surface area (Å²) in [7, 11) is 0. The van der Waals surface area contributed by atoms with E-state index in [9.17, 15) is 0 Å². The lowest BCUT2D eigenvalue weighted by molar-refractivity contribution is 0.924. The van der Waals surface area contributed by atoms with Crippen molar-refractivity contribution in [2.75, 3.05) is 0 Å². The van der Waals surface area contributed by atoms with Gasteiger partial charge in [-0.1, -0.05) is 61.9 Å². The topological polar surface area (TPSA) is 25.2 Å². The maximum absolute atomic E-state index is 6.36. The van der Waals surface area contributed by atoms with E-state index in [1.54, 1.807) is 0 Å². The number of fused-ring (bicyclic) bond motifs is 1. The van der Waals surface area contributed by atoms with E-state index in [1.165, 1.54) is 0 Å². The van der Waals surface area contributed by atoms with Crippen LogP contribution in [0.2, 0.25) is 5.15 Å². The number of benzene rings is 1. The molecule has 1 heterocycles. The number of aromatic nitrogens is 1. The summed E-state index contributed by atoms with van der Waals surface area (Å²) >= 11 is 6.36. The molecule has 0 saturated heterocycles. The minimum atomic E-state index is 0.567. The number of allylic oxidation sites excluding steroid dienone is 4. The number of nitrogens with zero attached hydrogens (tertiary/aromatic N) is 2. The molecule has 0 aliphatic heterocycles. The molecule has 0 amide bonds. The quantitative estimate of drug-likeness (QED) is 0.314. The third-order valence-electron chi connectivity index (χ3n) is 3.90. The number of hydrogen-bond acceptors (Lipinski definition) is 2. The summed E-state index contributed by atoms with van der Waals surface area (Å²) in [4.78, 5) is 8.44. The van der Waals surface area contributed by atoms with Gasteiger partial charge in [-0.25, -0.2) is 4.98 Å². The molecule has 2 nitrogen and oxygen atoms in total. The van der Waals surface area contributed by atoms with Crippen molar-refractivity contribution in [3.63, 3.8) is 0 Å². The van der Waals surface area contributed by atoms with Crippen LogP contribution in [0.25, 0.3) is 10.9 Å². The first-order valence-corrected chi connectivity index (χ1v) is 8.59. The highest BCUT2D eigenvalue weighted by atomic mass is 35.5. The maximum Gasteiger partial charge on any atom is 0.132 e. The summed E-state index contributed by atoms with van der Waals surface area (Å²) in [6, 6.07) is 10.1. The summed E-state index contributed by atoms with van der Waals surface area (Å²) in [5.74, 6) is 0. The van der Waals surface area contributed by atoms with Crippen LogP contribution in [0.4, 0.5) is 0 Å². The predicted octanol–water partition coefficient (Wildman–Crippen LogP) is 6.32. The Balaban J connectivity index is 2.23. The number of aliphatic imine (C=N–C) groups is 1. The van der Waals surface area contributed by atoms with Crippen LogP contribution in [-0.2, 0) is 6.42 Å². The van der Waals surface area contributed by atoms with Gasteiger partial charge >= 0.3 is 0 Å². The molecule has 0 spiro atoms. The van der Waals surface area contributed by atoms with Gasteiger partial charge in [-0.3, -0.25) is 4.99 Å². The lowest BCUT2D eigenvalue weighted by Crippen LogP contribution is -1.95. The fourth-order valence-corrected chi connectivity index (χ4v) is 2.86. The van der Waals surface area contributed by atoms with Gasteiger partial charge in [0.2, 0.25) is 0 Å². The van der Waals surface area contributed by atoms with E-state index in [0.717, 1.165) is 53.3 Å². The Morgan fingerprint density at radius 1 is 1.33 bits per heavy atom. The highest BCUT2D eigenvalue weighted by Crippen LogP contribution is 2.25. The van der Waals surface area contributed by atoms with Crippen LogP contribution in [0.1, 0.15) is 31.7 Å². The zero-order valence-electron chi connectivity index (χ0n) is 14.1. The molecular formula is C21H23ClN2. The van der Waals surface area contributed by atoms with Gasteiger partial charge in [0.15, 0.2) is 0 Å². The molecule has 0 saturated carbocycles. The van der Waals surface area contributed by atoms with E-state index >= 15 is 0 Å². The fourth-order valence-electron chi connectivity index (χ4n) is 2.62. The highest BCUT2D eigenvalue weighted by Gasteiger charge is 2.08. The minimum Gasteiger partial charge on any atom is -0.272 e. The molecule has 2 rings (SSSR count). The van der Waals surface area contributed by atoms with Crippen molar-refractivity contribution in [2.24, 2.45) is 4.99 Å². The Labute approximate surface area is 149 Å². The third-order valence-corrected chi connectivity index (χ3v) is 4.23. The van der Waals surface area contributed by atoms with Crippen LogP contribution in [0, 0.1) is 0 Å². The molecule has 0 radical (unpaired) electrons. The van der Waals surface area contributed by atoms with Crippen LogP contribution in [0.5, 0.6) is 0 Å². The van der Waals surface area contributed by atoms with Gasteiger partial charge in [0.1, 0.15) is 5.15 Å². The largest absolute Gasteiger partial charge is 0.272 e. The molecule has 24 heavy (non-hydrogen) atoms. The van der Waals surface area contributed by atoms with E-state index in [2.05, 4.69) is 48.4 Å². The standard InChI is InChI=1S/C21H23ClN2/c1-4-6-9-16(5-2)19(15-23-3)13-12-18-14-17-10-7-8-11-20(17)24-21(18)22/h5,7-11,14-15H,2-4,6,12-13H2,1H3/b16-9-,19-15-. The SMILES string of the molecule is C=CC(=C/CCC)/C(=C\N=C)CCc1cc2ccccc2nc1Cl. The van der Waals surface area contributed by atoms with Gasteiger partial charge < -0.3 is 0 Å². The normalized spacial score (nSPS) is 12.4. The van der Waals surface area contributed by atoms with E-state index < -0.39 is 0 Å². The summed E-state index contributed by atoms with van der Waals surface area (Å²) in [5, 5.41) is 1.67. The molecule has 0 aliphatic carbocycles. The minimum absolute atomic E-state index is 0.567. The van der Waals surface area contributed by atoms with E-state index in [1.807, 2.05) is 30.5 Å². The average molecular weight is 339 g/mol. The van der Waals surface area contributed by atoms with Gasteiger partial charge in [-0.2, -0.15) is 0 Å². The molecule has 0 unspecified atom stereocenters. The number of aryl methyl sites for hydroxylation is 1. The molecule has 1 aromatic heterocycles. The van der Waals surface area contributed by atoms with Crippen molar-refractivity contribution >= 4 is 29.2 Å². The second kappa shape index (κ2) is 9.19. The zero-order chi connectivity index (χ0) is 17.4. The lowest BCUT2D eigenvalue weighted by atomic mass is 9.98. The zero-order valence-corrected chi connectivity index (χ0v) is 14.9. The average Bonchev–Trinajstić information content (AvgIpc) is 2.60. The highest BCUT2D eigenvalue weighted by molar-refractivity contribution is 6.30. The molecular weight excluding hydrogens is 316 g/mol. The summed E-state index contributed by atoms with van der Waals surface area (Å²) in [5.41, 5.74) is 4.21. The molecule has 1 aromatic carbocycles. The lowest BCUT2D eigenvalue weighted by Gasteiger charge is -2.10. The Bertz CT molecular complexity index is 788. The van der Waals surface area contributed by atoms with Crippen LogP contribution < -0.4 is 0 Å². The monoisotopic (exact) mass is 338 g/mol. The van der Waals surface area contributed by atoms with Crippen LogP contribution >= 0.6 is 11.6 Å². The number of pyridine rings is 1. The number of para-hydroxylation sites is 1. The smallest absolute Gasteiger partial charge is 0.132 e. The first-order chi connectivity index (χ1) is 11.7. The molecule has 124 valence electrons. The molecule has 0 N–H and O–H groups in total. The van der Waals surface area contributed by atoms with E-state index in [-0.39, 0.29) is 0 Å². The number of hydrogen-bond donors (Lipinski definition) is 0. The van der Waals surface area contributed by atoms with Gasteiger partial charge in [-0.15, -0.1) is 0 Å². The maximum atomic E-state index is 6.36. The van der Waals surface area contributed by atoms with Crippen molar-refractivity contribution < 1.29 is 0 Å². The first-order valence-electron chi connectivity index (χ1n) is 8.21. The van der Waals surface area contributed by atoms with Crippen molar-refractivity contribution in [3.8, 4) is 0 Å². The second-order valence-electron chi connectivity index (χ2n) is 5.62. The Hall–Kier alpha value is -2.19. The van der Waals surface area contributed by atoms with Crippen LogP contribution in [0.3, 0.4) is 0 Å². The Morgan fingerprint density at radius 2 is 2.12 bits per heavy atom. The van der Waals surface area contributed by atoms with Crippen molar-refractivity contribution in [2.45, 2.75) is 32.6 Å². The number of unbranched alkanes of at least 4 members (excludes halogenated alkanes) is 1. The summed E-state index contributed by atoms with van der Waals surface area (Å²) in [6.45, 7) is 9.67. The Kier molecular flexibility index (Phi) is 6.95. The molecule has 3 heteroatoms. The van der Waals surface area contributed by atoms with Crippen molar-refractivity contribution in [1.29, 1.82) is 0 Å². The first kappa shape index (κ1) is 18.2. The van der Waals surface area contributed by atoms with Crippen molar-refractivity contribution in [1.82, 2.24) is 4.98 Å². The molecule has 0 aliphatic rings. The number of rotatable bonds is 8. The van der Waals surface area contributed by atoms with Gasteiger partial charge in [-0.05, 0) is 54.8 Å². The van der Waals surface area contributed by atoms with Gasteiger partial charge in [0, 0.05) is 11.6 Å². The van der Waals surface area contributed by atoms with E-state index in [0.29, 0.717) is 5.15 Å². The summed E-state index contributed by atoms with van der Waals surface area (Å²) in [6.07, 6.45) is 9.64. The summed E-state index contributed by atoms with van der Waals surface area (Å²) < 4.78 is 0. The molecule has 2 aromatic rings. The molecule has 0 bridgehead atoms. The predicted molar refractivity (Wildman–Crippen MR) is 106 cm³/mol. The Morgan fingerprint density at radius 3 is 2.83 bits per heavy atom. The van der Waals surface area contributed by atoms with Crippen LogP contribution in [0.15, 0.2) is 71.4 Å². The molecule has 0 fully saturated rings. The van der Waals surface area contributed by atoms with Crippen molar-refractivity contribution in [3.05, 3.63) is 77.1 Å². The molecule has 0 atom stereocenters. The van der Waals surface area contributed by atoms with E-state index in [4.69, 9.17) is 11.6 Å². The van der Waals surface area contributed by atoms with Gasteiger partial charge in [0.25, 0.3) is 0 Å². The second-order valence-corrected chi connectivity index (χ2v) is 5.98. The van der Waals surface area contributed by atoms with Gasteiger partial charge in [0.05, 0.1) is 5.52 Å². The van der Waals surface area contributed by atoms with Crippen LogP contribution in [-0.4, -0.2) is 11.7 Å². The number of halogens is 1. The fraction of sp³-hybridized carbons (Fsp3) is 0.238.